The largest absolute Gasteiger partial charge is 0.488 e. The van der Waals surface area contributed by atoms with Crippen molar-refractivity contribution in [3.63, 3.8) is 0 Å². The number of aryl methyl sites for hydroxylation is 2. The number of sulfonamides is 1. The molecular formula is C14H21NO4S. The van der Waals surface area contributed by atoms with Crippen molar-refractivity contribution in [3.05, 3.63) is 28.8 Å². The van der Waals surface area contributed by atoms with Crippen molar-refractivity contribution in [2.45, 2.75) is 40.2 Å². The van der Waals surface area contributed by atoms with E-state index in [2.05, 4.69) is 0 Å². The Labute approximate surface area is 120 Å². The molecule has 5 nitrogen and oxygen atoms in total. The van der Waals surface area contributed by atoms with Crippen LogP contribution in [0.2, 0.25) is 0 Å². The van der Waals surface area contributed by atoms with Crippen molar-refractivity contribution >= 4 is 15.9 Å². The second kappa shape index (κ2) is 5.44. The summed E-state index contributed by atoms with van der Waals surface area (Å²) in [6.45, 7) is 9.37. The first kappa shape index (κ1) is 16.5. The monoisotopic (exact) mass is 299 g/mol. The maximum absolute atomic E-state index is 11.9. The average molecular weight is 299 g/mol. The Bertz CT molecular complexity index is 627. The maximum atomic E-state index is 11.9. The number of hydrogen-bond donors (Lipinski definition) is 1. The molecule has 20 heavy (non-hydrogen) atoms. The number of rotatable bonds is 3. The minimum absolute atomic E-state index is 0.328. The third-order valence-corrected chi connectivity index (χ3v) is 3.02. The van der Waals surface area contributed by atoms with Gasteiger partial charge in [0.1, 0.15) is 11.4 Å². The van der Waals surface area contributed by atoms with Crippen LogP contribution in [0.15, 0.2) is 12.1 Å². The molecule has 0 bridgehead atoms. The van der Waals surface area contributed by atoms with Crippen LogP contribution in [0.1, 0.15) is 42.3 Å². The molecule has 1 aromatic carbocycles. The van der Waals surface area contributed by atoms with Gasteiger partial charge in [0.05, 0.1) is 6.26 Å². The molecule has 0 spiro atoms. The molecule has 1 amide bonds. The van der Waals surface area contributed by atoms with E-state index in [-0.39, 0.29) is 5.60 Å². The van der Waals surface area contributed by atoms with E-state index in [4.69, 9.17) is 4.74 Å². The quantitative estimate of drug-likeness (QED) is 0.928. The molecule has 1 N–H and O–H groups in total. The van der Waals surface area contributed by atoms with E-state index in [9.17, 15) is 13.2 Å². The third kappa shape index (κ3) is 4.85. The molecule has 1 aromatic rings. The number of carbonyl (C=O) groups excluding carboxylic acids is 1. The zero-order valence-corrected chi connectivity index (χ0v) is 13.5. The van der Waals surface area contributed by atoms with Crippen molar-refractivity contribution in [1.29, 1.82) is 0 Å². The summed E-state index contributed by atoms with van der Waals surface area (Å²) in [5, 5.41) is 0. The summed E-state index contributed by atoms with van der Waals surface area (Å²) in [6.07, 6.45) is 0.949. The van der Waals surface area contributed by atoms with Gasteiger partial charge in [-0.05, 0) is 57.9 Å². The average Bonchev–Trinajstić information content (AvgIpc) is 2.18. The standard InChI is InChI=1S/C14H21NO4S/c1-9-8-12(19-14(3,4)5)10(2)7-11(9)13(16)15-20(6,17)18/h7-8H,1-6H3,(H,15,16). The van der Waals surface area contributed by atoms with Gasteiger partial charge in [0.25, 0.3) is 5.91 Å². The molecule has 0 saturated heterocycles. The fourth-order valence-electron chi connectivity index (χ4n) is 1.70. The molecular weight excluding hydrogens is 278 g/mol. The first-order valence-corrected chi connectivity index (χ1v) is 8.10. The zero-order chi connectivity index (χ0) is 15.7. The predicted octanol–water partition coefficient (Wildman–Crippen LogP) is 2.17. The van der Waals surface area contributed by atoms with Crippen LogP contribution in [-0.2, 0) is 10.0 Å². The lowest BCUT2D eigenvalue weighted by Crippen LogP contribution is -2.30. The molecule has 0 aliphatic heterocycles. The summed E-state index contributed by atoms with van der Waals surface area (Å²) in [7, 11) is -3.57. The molecule has 0 unspecified atom stereocenters. The van der Waals surface area contributed by atoms with Crippen LogP contribution in [0.3, 0.4) is 0 Å². The van der Waals surface area contributed by atoms with E-state index >= 15 is 0 Å². The van der Waals surface area contributed by atoms with Crippen LogP contribution in [0, 0.1) is 13.8 Å². The first-order valence-electron chi connectivity index (χ1n) is 6.21. The molecule has 1 rings (SSSR count). The zero-order valence-electron chi connectivity index (χ0n) is 12.7. The summed E-state index contributed by atoms with van der Waals surface area (Å²) in [5.41, 5.74) is 1.43. The molecule has 0 aliphatic carbocycles. The highest BCUT2D eigenvalue weighted by Gasteiger charge is 2.18. The SMILES string of the molecule is Cc1cc(C(=O)NS(C)(=O)=O)c(C)cc1OC(C)(C)C. The Morgan fingerprint density at radius 1 is 1.15 bits per heavy atom. The van der Waals surface area contributed by atoms with Crippen LogP contribution in [-0.4, -0.2) is 26.2 Å². The number of benzene rings is 1. The lowest BCUT2D eigenvalue weighted by atomic mass is 10.0. The summed E-state index contributed by atoms with van der Waals surface area (Å²) in [6, 6.07) is 3.38. The van der Waals surface area contributed by atoms with Crippen molar-refractivity contribution in [2.75, 3.05) is 6.26 Å². The van der Waals surface area contributed by atoms with Gasteiger partial charge in [-0.1, -0.05) is 0 Å². The van der Waals surface area contributed by atoms with Gasteiger partial charge in [0, 0.05) is 5.56 Å². The predicted molar refractivity (Wildman–Crippen MR) is 78.6 cm³/mol. The highest BCUT2D eigenvalue weighted by molar-refractivity contribution is 7.89. The molecule has 0 atom stereocenters. The number of ether oxygens (including phenoxy) is 1. The lowest BCUT2D eigenvalue weighted by Gasteiger charge is -2.23. The van der Waals surface area contributed by atoms with E-state index in [1.54, 1.807) is 19.1 Å². The molecule has 0 aliphatic rings. The normalized spacial score (nSPS) is 12.1. The van der Waals surface area contributed by atoms with Crippen LogP contribution in [0.4, 0.5) is 0 Å². The van der Waals surface area contributed by atoms with Crippen LogP contribution >= 0.6 is 0 Å². The minimum Gasteiger partial charge on any atom is -0.488 e. The van der Waals surface area contributed by atoms with Crippen LogP contribution in [0.5, 0.6) is 5.75 Å². The number of hydrogen-bond acceptors (Lipinski definition) is 4. The van der Waals surface area contributed by atoms with Gasteiger partial charge in [0.15, 0.2) is 0 Å². The Balaban J connectivity index is 3.15. The molecule has 112 valence electrons. The summed E-state index contributed by atoms with van der Waals surface area (Å²) in [4.78, 5) is 11.9. The van der Waals surface area contributed by atoms with Gasteiger partial charge >= 0.3 is 0 Å². The fourth-order valence-corrected chi connectivity index (χ4v) is 2.14. The van der Waals surface area contributed by atoms with Crippen molar-refractivity contribution in [3.8, 4) is 5.75 Å². The molecule has 0 heterocycles. The summed E-state index contributed by atoms with van der Waals surface area (Å²) in [5.74, 6) is 0.0568. The highest BCUT2D eigenvalue weighted by atomic mass is 32.2. The Morgan fingerprint density at radius 3 is 2.15 bits per heavy atom. The lowest BCUT2D eigenvalue weighted by molar-refractivity contribution is 0.0981. The van der Waals surface area contributed by atoms with Gasteiger partial charge in [0.2, 0.25) is 10.0 Å². The van der Waals surface area contributed by atoms with E-state index in [1.807, 2.05) is 32.4 Å². The van der Waals surface area contributed by atoms with Gasteiger partial charge in [-0.25, -0.2) is 13.1 Å². The second-order valence-electron chi connectivity index (χ2n) is 5.85. The third-order valence-electron chi connectivity index (χ3n) is 2.46. The van der Waals surface area contributed by atoms with E-state index in [0.717, 1.165) is 11.8 Å². The molecule has 0 fully saturated rings. The smallest absolute Gasteiger partial charge is 0.264 e. The molecule has 6 heteroatoms. The Hall–Kier alpha value is -1.56. The van der Waals surface area contributed by atoms with Gasteiger partial charge in [-0.15, -0.1) is 0 Å². The van der Waals surface area contributed by atoms with Crippen LogP contribution in [0.25, 0.3) is 0 Å². The van der Waals surface area contributed by atoms with Crippen molar-refractivity contribution in [2.24, 2.45) is 0 Å². The van der Waals surface area contributed by atoms with Crippen molar-refractivity contribution in [1.82, 2.24) is 4.72 Å². The van der Waals surface area contributed by atoms with E-state index in [1.165, 1.54) is 0 Å². The molecule has 0 saturated carbocycles. The topological polar surface area (TPSA) is 72.5 Å². The van der Waals surface area contributed by atoms with Crippen LogP contribution < -0.4 is 9.46 Å². The number of amides is 1. The van der Waals surface area contributed by atoms with Crippen molar-refractivity contribution < 1.29 is 17.9 Å². The van der Waals surface area contributed by atoms with Gasteiger partial charge in [-0.3, -0.25) is 4.79 Å². The number of nitrogens with one attached hydrogen (secondary N) is 1. The fraction of sp³-hybridized carbons (Fsp3) is 0.500. The maximum Gasteiger partial charge on any atom is 0.264 e. The first-order chi connectivity index (χ1) is 8.89. The number of carbonyl (C=O) groups is 1. The Kier molecular flexibility index (Phi) is 4.49. The highest BCUT2D eigenvalue weighted by Crippen LogP contribution is 2.26. The summed E-state index contributed by atoms with van der Waals surface area (Å²) >= 11 is 0. The Morgan fingerprint density at radius 2 is 1.70 bits per heavy atom. The minimum atomic E-state index is -3.57. The van der Waals surface area contributed by atoms with Gasteiger partial charge < -0.3 is 4.74 Å². The van der Waals surface area contributed by atoms with E-state index in [0.29, 0.717) is 16.9 Å². The molecule has 0 aromatic heterocycles. The van der Waals surface area contributed by atoms with E-state index < -0.39 is 15.9 Å². The van der Waals surface area contributed by atoms with Gasteiger partial charge in [-0.2, -0.15) is 0 Å². The second-order valence-corrected chi connectivity index (χ2v) is 7.60. The molecule has 0 radical (unpaired) electrons. The summed E-state index contributed by atoms with van der Waals surface area (Å²) < 4.78 is 30.0.